The van der Waals surface area contributed by atoms with Gasteiger partial charge in [-0.2, -0.15) is 0 Å². The van der Waals surface area contributed by atoms with Crippen LogP contribution in [0.3, 0.4) is 0 Å². The number of benzene rings is 1. The monoisotopic (exact) mass is 577 g/mol. The van der Waals surface area contributed by atoms with Crippen molar-refractivity contribution >= 4 is 34.1 Å². The predicted molar refractivity (Wildman–Crippen MR) is 133 cm³/mol. The molecule has 8 nitrogen and oxygen atoms in total. The smallest absolute Gasteiger partial charge is 0.308 e. The third kappa shape index (κ3) is 10.7. The molecule has 1 unspecified atom stereocenters. The molecule has 0 radical (unpaired) electrons. The fraction of sp³-hybridized carbons (Fsp3) is 0.417. The van der Waals surface area contributed by atoms with E-state index in [0.717, 1.165) is 0 Å². The molecule has 0 spiro atoms. The minimum Gasteiger partial charge on any atom is -0.466 e. The average Bonchev–Trinajstić information content (AvgIpc) is 2.81. The number of ether oxygens (including phenoxy) is 1. The molecule has 0 aliphatic rings. The summed E-state index contributed by atoms with van der Waals surface area (Å²) in [4.78, 5) is 44.4. The van der Waals surface area contributed by atoms with Gasteiger partial charge in [0.15, 0.2) is 17.9 Å². The Morgan fingerprint density at radius 1 is 1.19 bits per heavy atom. The van der Waals surface area contributed by atoms with Crippen LogP contribution in [0.15, 0.2) is 33.7 Å². The van der Waals surface area contributed by atoms with Crippen molar-refractivity contribution < 1.29 is 32.3 Å². The number of aldehydes is 1. The van der Waals surface area contributed by atoms with Gasteiger partial charge in [0.05, 0.1) is 41.2 Å². The molecule has 36 heavy (non-hydrogen) atoms. The summed E-state index contributed by atoms with van der Waals surface area (Å²) in [6, 6.07) is 2.38. The van der Waals surface area contributed by atoms with Gasteiger partial charge >= 0.3 is 5.97 Å². The van der Waals surface area contributed by atoms with Crippen LogP contribution >= 0.6 is 15.9 Å². The quantitative estimate of drug-likeness (QED) is 0.281. The van der Waals surface area contributed by atoms with Gasteiger partial charge in [0, 0.05) is 13.2 Å². The Hall–Kier alpha value is -2.99. The summed E-state index contributed by atoms with van der Waals surface area (Å²) in [7, 11) is 3.11. The highest BCUT2D eigenvalue weighted by Crippen LogP contribution is 2.30. The number of carbonyl (C=O) groups excluding carboxylic acids is 3. The molecular weight excluding hydrogens is 547 g/mol. The highest BCUT2D eigenvalue weighted by atomic mass is 79.9. The molecule has 1 atom stereocenters. The molecule has 1 amide bonds. The van der Waals surface area contributed by atoms with E-state index in [-0.39, 0.29) is 28.7 Å². The molecule has 12 heteroatoms. The minimum atomic E-state index is -1.47. The van der Waals surface area contributed by atoms with E-state index in [4.69, 9.17) is 4.74 Å². The number of rotatable bonds is 8. The summed E-state index contributed by atoms with van der Waals surface area (Å²) in [5.41, 5.74) is -0.795. The van der Waals surface area contributed by atoms with Crippen molar-refractivity contribution in [2.45, 2.75) is 39.7 Å². The number of amides is 1. The highest BCUT2D eigenvalue weighted by Gasteiger charge is 2.28. The number of nitrogens with one attached hydrogen (secondary N) is 2. The van der Waals surface area contributed by atoms with E-state index >= 15 is 0 Å². The van der Waals surface area contributed by atoms with E-state index in [9.17, 15) is 32.3 Å². The lowest BCUT2D eigenvalue weighted by Gasteiger charge is -2.20. The van der Waals surface area contributed by atoms with E-state index in [1.807, 2.05) is 0 Å². The molecule has 0 bridgehead atoms. The standard InChI is InChI=1S/C14H16BrF3N2O3.C7H7NO2.C3H8/c1-3-23-11(22)5-9(20-10(21)6-19-2)12-13(17)7(15)4-8(16)14(12)18;1-8-4-2-3-6(5-9)7(8)10;1-3-2/h4,9,19H,3,5-6H2,1-2H3,(H,20,21);2-5H,1H3;3H2,1-2H3. The molecule has 2 aromatic rings. The molecule has 1 aromatic carbocycles. The Labute approximate surface area is 216 Å². The number of nitrogens with zero attached hydrogens (tertiary/aromatic N) is 1. The number of halogens is 4. The maximum atomic E-state index is 14.2. The van der Waals surface area contributed by atoms with Gasteiger partial charge in [-0.15, -0.1) is 0 Å². The largest absolute Gasteiger partial charge is 0.466 e. The summed E-state index contributed by atoms with van der Waals surface area (Å²) in [6.07, 6.45) is 2.88. The summed E-state index contributed by atoms with van der Waals surface area (Å²) < 4.78 is 47.5. The number of aryl methyl sites for hydroxylation is 1. The van der Waals surface area contributed by atoms with E-state index in [1.54, 1.807) is 26.2 Å². The van der Waals surface area contributed by atoms with Crippen molar-refractivity contribution in [2.24, 2.45) is 7.05 Å². The summed E-state index contributed by atoms with van der Waals surface area (Å²) >= 11 is 2.77. The van der Waals surface area contributed by atoms with Gasteiger partial charge in [-0.05, 0) is 48.1 Å². The second-order valence-corrected chi connectivity index (χ2v) is 8.10. The Morgan fingerprint density at radius 3 is 2.31 bits per heavy atom. The number of aromatic nitrogens is 1. The topological polar surface area (TPSA) is 106 Å². The fourth-order valence-corrected chi connectivity index (χ4v) is 3.04. The summed E-state index contributed by atoms with van der Waals surface area (Å²) in [5, 5.41) is 4.85. The van der Waals surface area contributed by atoms with Gasteiger partial charge in [-0.1, -0.05) is 20.3 Å². The molecule has 0 fully saturated rings. The lowest BCUT2D eigenvalue weighted by atomic mass is 10.0. The van der Waals surface area contributed by atoms with Crippen LogP contribution in [0.5, 0.6) is 0 Å². The number of hydrogen-bond acceptors (Lipinski definition) is 6. The van der Waals surface area contributed by atoms with Crippen molar-refractivity contribution in [3.63, 3.8) is 0 Å². The van der Waals surface area contributed by atoms with Gasteiger partial charge in [-0.3, -0.25) is 19.2 Å². The average molecular weight is 578 g/mol. The number of hydrogen-bond donors (Lipinski definition) is 2. The first kappa shape index (κ1) is 33.0. The van der Waals surface area contributed by atoms with E-state index in [0.29, 0.717) is 12.4 Å². The first-order chi connectivity index (χ1) is 17.0. The molecule has 2 N–H and O–H groups in total. The number of carbonyl (C=O) groups is 3. The van der Waals surface area contributed by atoms with Crippen LogP contribution in [0.25, 0.3) is 0 Å². The molecule has 1 heterocycles. The third-order valence-corrected chi connectivity index (χ3v) is 4.70. The second-order valence-electron chi connectivity index (χ2n) is 7.25. The predicted octanol–water partition coefficient (Wildman–Crippen LogP) is 3.81. The molecule has 0 aliphatic carbocycles. The number of pyridine rings is 1. The lowest BCUT2D eigenvalue weighted by molar-refractivity contribution is -0.143. The van der Waals surface area contributed by atoms with Crippen LogP contribution in [-0.4, -0.2) is 42.9 Å². The van der Waals surface area contributed by atoms with Crippen LogP contribution in [0.4, 0.5) is 13.2 Å². The third-order valence-electron chi connectivity index (χ3n) is 4.12. The van der Waals surface area contributed by atoms with Crippen LogP contribution in [-0.2, 0) is 21.4 Å². The van der Waals surface area contributed by atoms with Crippen molar-refractivity contribution in [3.05, 3.63) is 67.8 Å². The SMILES string of the molecule is CCC.CCOC(=O)CC(NC(=O)CNC)c1c(F)c(F)cc(Br)c1F.Cn1cccc(C=O)c1=O. The van der Waals surface area contributed by atoms with Gasteiger partial charge in [0.25, 0.3) is 5.56 Å². The van der Waals surface area contributed by atoms with Crippen LogP contribution in [0.2, 0.25) is 0 Å². The first-order valence-electron chi connectivity index (χ1n) is 11.0. The highest BCUT2D eigenvalue weighted by molar-refractivity contribution is 9.10. The van der Waals surface area contributed by atoms with Crippen LogP contribution < -0.4 is 16.2 Å². The van der Waals surface area contributed by atoms with E-state index in [1.165, 1.54) is 24.1 Å². The maximum absolute atomic E-state index is 14.2. The number of esters is 1. The molecule has 2 rings (SSSR count). The van der Waals surface area contributed by atoms with Gasteiger partial charge in [0.2, 0.25) is 5.91 Å². The van der Waals surface area contributed by atoms with E-state index < -0.39 is 47.4 Å². The Kier molecular flexibility index (Phi) is 16.0. The Morgan fingerprint density at radius 2 is 1.81 bits per heavy atom. The zero-order valence-electron chi connectivity index (χ0n) is 20.8. The molecule has 200 valence electrons. The van der Waals surface area contributed by atoms with Crippen molar-refractivity contribution in [1.29, 1.82) is 0 Å². The van der Waals surface area contributed by atoms with Gasteiger partial charge < -0.3 is 19.9 Å². The van der Waals surface area contributed by atoms with Crippen LogP contribution in [0, 0.1) is 17.5 Å². The molecule has 0 saturated heterocycles. The summed E-state index contributed by atoms with van der Waals surface area (Å²) in [5.74, 6) is -5.25. The normalized spacial score (nSPS) is 10.7. The molecule has 0 aliphatic heterocycles. The van der Waals surface area contributed by atoms with Crippen molar-refractivity contribution in [2.75, 3.05) is 20.2 Å². The number of likely N-dealkylation sites (N-methyl/N-ethyl adjacent to an activating group) is 1. The molecule has 0 saturated carbocycles. The van der Waals surface area contributed by atoms with Crippen molar-refractivity contribution in [1.82, 2.24) is 15.2 Å². The zero-order chi connectivity index (χ0) is 27.8. The van der Waals surface area contributed by atoms with Gasteiger partial charge in [-0.25, -0.2) is 13.2 Å². The molecular formula is C24H31BrF3N3O5. The second kappa shape index (κ2) is 17.4. The Bertz CT molecular complexity index is 1030. The fourth-order valence-electron chi connectivity index (χ4n) is 2.62. The lowest BCUT2D eigenvalue weighted by Crippen LogP contribution is -2.37. The minimum absolute atomic E-state index is 0.0633. The van der Waals surface area contributed by atoms with Crippen LogP contribution in [0.1, 0.15) is 55.6 Å². The van der Waals surface area contributed by atoms with E-state index in [2.05, 4.69) is 40.4 Å². The summed E-state index contributed by atoms with van der Waals surface area (Å²) in [6.45, 7) is 5.74. The van der Waals surface area contributed by atoms with Crippen molar-refractivity contribution in [3.8, 4) is 0 Å². The first-order valence-corrected chi connectivity index (χ1v) is 11.8. The zero-order valence-corrected chi connectivity index (χ0v) is 22.4. The Balaban J connectivity index is 0.000000775. The maximum Gasteiger partial charge on any atom is 0.308 e. The molecule has 1 aromatic heterocycles. The van der Waals surface area contributed by atoms with Gasteiger partial charge in [0.1, 0.15) is 5.82 Å².